The highest BCUT2D eigenvalue weighted by Crippen LogP contribution is 2.28. The van der Waals surface area contributed by atoms with Crippen LogP contribution >= 0.6 is 0 Å². The van der Waals surface area contributed by atoms with Crippen molar-refractivity contribution in [2.45, 2.75) is 67.2 Å². The summed E-state index contributed by atoms with van der Waals surface area (Å²) in [4.78, 5) is 17.9. The maximum Gasteiger partial charge on any atom is 0.156 e. The summed E-state index contributed by atoms with van der Waals surface area (Å²) in [5.74, 6) is 2.65. The van der Waals surface area contributed by atoms with E-state index in [-0.39, 0.29) is 5.41 Å². The number of anilines is 2. The summed E-state index contributed by atoms with van der Waals surface area (Å²) in [7, 11) is 1.72. The third kappa shape index (κ3) is 9.06. The smallest absolute Gasteiger partial charge is 0.156 e. The third-order valence-corrected chi connectivity index (χ3v) is 6.25. The van der Waals surface area contributed by atoms with Gasteiger partial charge in [0, 0.05) is 31.1 Å². The second kappa shape index (κ2) is 13.7. The van der Waals surface area contributed by atoms with Crippen molar-refractivity contribution in [2.75, 3.05) is 24.2 Å². The fourth-order valence-electron chi connectivity index (χ4n) is 3.54. The molecule has 2 rings (SSSR count). The molecule has 6 nitrogen and oxygen atoms in total. The van der Waals surface area contributed by atoms with Crippen molar-refractivity contribution in [1.29, 1.82) is 0 Å². The lowest BCUT2D eigenvalue weighted by Gasteiger charge is -2.21. The van der Waals surface area contributed by atoms with Crippen LogP contribution in [0.5, 0.6) is 0 Å². The van der Waals surface area contributed by atoms with Crippen LogP contribution in [-0.4, -0.2) is 36.1 Å². The van der Waals surface area contributed by atoms with Crippen LogP contribution in [-0.2, 0) is 0 Å². The molecule has 1 aromatic heterocycles. The Kier molecular flexibility index (Phi) is 11.0. The molecule has 1 atom stereocenters. The first-order valence-electron chi connectivity index (χ1n) is 12.8. The summed E-state index contributed by atoms with van der Waals surface area (Å²) in [6.45, 7) is 22.0. The number of dihydropyridines is 1. The minimum absolute atomic E-state index is 0.0412. The van der Waals surface area contributed by atoms with Crippen molar-refractivity contribution in [1.82, 2.24) is 9.97 Å². The van der Waals surface area contributed by atoms with Gasteiger partial charge >= 0.3 is 0 Å². The lowest BCUT2D eigenvalue weighted by molar-refractivity contribution is 0.518. The molecule has 0 spiro atoms. The normalized spacial score (nSPS) is 16.5. The molecule has 0 radical (unpaired) electrons. The maximum absolute atomic E-state index is 4.81. The molecule has 36 heavy (non-hydrogen) atoms. The zero-order valence-electron chi connectivity index (χ0n) is 23.3. The monoisotopic (exact) mass is 488 g/mol. The molecule has 2 N–H and O–H groups in total. The Hall–Kier alpha value is -3.28. The molecule has 1 aromatic rings. The fourth-order valence-corrected chi connectivity index (χ4v) is 3.54. The number of hydrogen-bond donors (Lipinski definition) is 2. The lowest BCUT2D eigenvalue weighted by atomic mass is 9.87. The van der Waals surface area contributed by atoms with Gasteiger partial charge in [0.05, 0.1) is 6.34 Å². The molecule has 194 valence electrons. The van der Waals surface area contributed by atoms with Crippen LogP contribution in [0.25, 0.3) is 6.08 Å². The molecule has 0 bridgehead atoms. The van der Waals surface area contributed by atoms with Crippen molar-refractivity contribution < 1.29 is 0 Å². The summed E-state index contributed by atoms with van der Waals surface area (Å²) in [5.41, 5.74) is 5.18. The Balaban J connectivity index is 2.17. The minimum Gasteiger partial charge on any atom is -0.340 e. The Morgan fingerprint density at radius 1 is 1.19 bits per heavy atom. The molecular weight excluding hydrogens is 444 g/mol. The van der Waals surface area contributed by atoms with Crippen molar-refractivity contribution in [3.8, 4) is 0 Å². The van der Waals surface area contributed by atoms with E-state index in [2.05, 4.69) is 79.7 Å². The van der Waals surface area contributed by atoms with Crippen LogP contribution in [0.4, 0.5) is 11.6 Å². The Labute approximate surface area is 218 Å². The summed E-state index contributed by atoms with van der Waals surface area (Å²) >= 11 is 0. The van der Waals surface area contributed by atoms with Crippen LogP contribution < -0.4 is 10.6 Å². The number of nitrogens with zero attached hydrogens (tertiary/aromatic N) is 4. The van der Waals surface area contributed by atoms with Crippen molar-refractivity contribution in [3.63, 3.8) is 0 Å². The molecule has 0 aliphatic carbocycles. The number of rotatable bonds is 12. The van der Waals surface area contributed by atoms with E-state index in [9.17, 15) is 0 Å². The fraction of sp³-hybridized carbons (Fsp3) is 0.467. The van der Waals surface area contributed by atoms with Crippen LogP contribution in [0.15, 0.2) is 63.8 Å². The second-order valence-electron chi connectivity index (χ2n) is 10.5. The van der Waals surface area contributed by atoms with Crippen molar-refractivity contribution >= 4 is 30.3 Å². The van der Waals surface area contributed by atoms with Crippen LogP contribution in [0.1, 0.15) is 71.7 Å². The van der Waals surface area contributed by atoms with E-state index in [0.29, 0.717) is 17.6 Å². The molecule has 1 unspecified atom stereocenters. The summed E-state index contributed by atoms with van der Waals surface area (Å²) < 4.78 is 0. The van der Waals surface area contributed by atoms with Crippen molar-refractivity contribution in [2.24, 2.45) is 21.3 Å². The van der Waals surface area contributed by atoms with Gasteiger partial charge in [-0.1, -0.05) is 52.5 Å². The number of nitrogens with one attached hydrogen (secondary N) is 2. The standard InChI is InChI=1S/C30H44N6/c1-21(2)26(18-23(4)30(6,7)8)34-29-24(5)28(33-20-31-9)35-27(36-29)15-13-11-10-12-14-25-16-17-32-19-22(25)3/h13,15-18,20,22H,1,4,10-12,14,19H2,2-3,5-9H3,(H2,31,33,34,35,36)/b15-13+,26-18+. The zero-order chi connectivity index (χ0) is 26.7. The quantitative estimate of drug-likeness (QED) is 0.138. The number of hydrogen-bond acceptors (Lipinski definition) is 5. The zero-order valence-corrected chi connectivity index (χ0v) is 23.3. The average Bonchev–Trinajstić information content (AvgIpc) is 2.81. The van der Waals surface area contributed by atoms with Gasteiger partial charge in [-0.15, -0.1) is 0 Å². The first-order valence-corrected chi connectivity index (χ1v) is 12.8. The molecule has 0 saturated carbocycles. The van der Waals surface area contributed by atoms with Crippen LogP contribution in [0.3, 0.4) is 0 Å². The molecule has 2 heterocycles. The largest absolute Gasteiger partial charge is 0.340 e. The van der Waals surface area contributed by atoms with E-state index >= 15 is 0 Å². The summed E-state index contributed by atoms with van der Waals surface area (Å²) in [6.07, 6.45) is 16.4. The minimum atomic E-state index is -0.0412. The first kappa shape index (κ1) is 29.0. The SMILES string of the molecule is C=C(C)/C(=C\C(=C)C(C)(C)C)Nc1nc(/C=C/CCCCC2=CC=NCC2C)nc(NC=NC)c1C. The summed E-state index contributed by atoms with van der Waals surface area (Å²) in [5, 5.41) is 6.64. The van der Waals surface area contributed by atoms with Gasteiger partial charge in [-0.05, 0) is 80.2 Å². The number of unbranched alkanes of at least 4 members (excludes halogenated alkanes) is 2. The molecule has 0 aromatic carbocycles. The second-order valence-corrected chi connectivity index (χ2v) is 10.5. The van der Waals surface area contributed by atoms with E-state index in [0.717, 1.165) is 54.0 Å². The highest BCUT2D eigenvalue weighted by atomic mass is 15.1. The Bertz CT molecular complexity index is 1080. The molecular formula is C30H44N6. The molecule has 1 aliphatic heterocycles. The van der Waals surface area contributed by atoms with E-state index < -0.39 is 0 Å². The lowest BCUT2D eigenvalue weighted by Crippen LogP contribution is -2.12. The molecule has 0 saturated heterocycles. The van der Waals surface area contributed by atoms with Gasteiger partial charge in [0.25, 0.3) is 0 Å². The molecule has 0 amide bonds. The number of allylic oxidation sites excluding steroid dienone is 5. The van der Waals surface area contributed by atoms with E-state index in [1.54, 1.807) is 13.4 Å². The van der Waals surface area contributed by atoms with Crippen LogP contribution in [0, 0.1) is 18.3 Å². The average molecular weight is 489 g/mol. The van der Waals surface area contributed by atoms with Gasteiger partial charge in [0.2, 0.25) is 0 Å². The van der Waals surface area contributed by atoms with E-state index in [1.807, 2.05) is 26.1 Å². The van der Waals surface area contributed by atoms with Gasteiger partial charge in [-0.25, -0.2) is 9.97 Å². The Morgan fingerprint density at radius 2 is 1.92 bits per heavy atom. The van der Waals surface area contributed by atoms with E-state index in [4.69, 9.17) is 9.97 Å². The van der Waals surface area contributed by atoms with Gasteiger partial charge in [0.1, 0.15) is 11.6 Å². The first-order chi connectivity index (χ1) is 17.0. The Morgan fingerprint density at radius 3 is 2.56 bits per heavy atom. The maximum atomic E-state index is 4.81. The van der Waals surface area contributed by atoms with Gasteiger partial charge in [-0.2, -0.15) is 0 Å². The van der Waals surface area contributed by atoms with Crippen LogP contribution in [0.2, 0.25) is 0 Å². The van der Waals surface area contributed by atoms with E-state index in [1.165, 1.54) is 12.0 Å². The highest BCUT2D eigenvalue weighted by Gasteiger charge is 2.16. The number of aromatic nitrogens is 2. The summed E-state index contributed by atoms with van der Waals surface area (Å²) in [6, 6.07) is 0. The molecule has 0 fully saturated rings. The topological polar surface area (TPSA) is 74.6 Å². The van der Waals surface area contributed by atoms with Gasteiger partial charge < -0.3 is 10.6 Å². The predicted molar refractivity (Wildman–Crippen MR) is 158 cm³/mol. The molecule has 1 aliphatic rings. The van der Waals surface area contributed by atoms with Gasteiger partial charge in [-0.3, -0.25) is 9.98 Å². The van der Waals surface area contributed by atoms with Crippen molar-refractivity contribution in [3.05, 3.63) is 65.2 Å². The van der Waals surface area contributed by atoms with Gasteiger partial charge in [0.15, 0.2) is 5.82 Å². The molecule has 6 heteroatoms. The number of aliphatic imine (C=N–C) groups is 2. The third-order valence-electron chi connectivity index (χ3n) is 6.25. The predicted octanol–water partition coefficient (Wildman–Crippen LogP) is 7.55. The highest BCUT2D eigenvalue weighted by molar-refractivity contribution is 5.78.